The molecule has 0 fully saturated rings. The largest absolute Gasteiger partial charge is 1.00 e. The number of halogens is 3. The molecule has 0 N–H and O–H groups in total. The molecule has 2 nitrogen and oxygen atoms in total. The first-order valence-corrected chi connectivity index (χ1v) is 2.03. The third kappa shape index (κ3) is 5.12. The van der Waals surface area contributed by atoms with E-state index in [4.69, 9.17) is 0 Å². The molecule has 0 aromatic heterocycles. The molecule has 1 atom stereocenters. The first kappa shape index (κ1) is 11.7. The van der Waals surface area contributed by atoms with Gasteiger partial charge in [0.15, 0.2) is 0 Å². The summed E-state index contributed by atoms with van der Waals surface area (Å²) in [5, 5.41) is 0. The summed E-state index contributed by atoms with van der Waals surface area (Å²) in [5.74, 6) is -1.29. The van der Waals surface area contributed by atoms with E-state index in [1.54, 1.807) is 0 Å². The molecule has 0 aromatic carbocycles. The van der Waals surface area contributed by atoms with E-state index in [-0.39, 0.29) is 31.0 Å². The Bertz CT molecular complexity index is 83.0. The first-order chi connectivity index (χ1) is 3.18. The molecule has 0 radical (unpaired) electrons. The Morgan fingerprint density at radius 3 is 2.25 bits per heavy atom. The molecule has 0 amide bonds. The van der Waals surface area contributed by atoms with Crippen LogP contribution in [0.4, 0.5) is 4.39 Å². The molecular weight excluding hydrogens is 169 g/mol. The van der Waals surface area contributed by atoms with Gasteiger partial charge in [-0.1, -0.05) is 11.6 Å². The van der Waals surface area contributed by atoms with Crippen LogP contribution in [-0.2, 0) is 9.08 Å². The fourth-order valence-corrected chi connectivity index (χ4v) is 0.202. The second kappa shape index (κ2) is 6.11. The molecule has 0 aliphatic heterocycles. The van der Waals surface area contributed by atoms with Gasteiger partial charge in [-0.2, -0.15) is 0 Å². The Morgan fingerprint density at radius 1 is 1.88 bits per heavy atom. The molecule has 0 heterocycles. The normalized spacial score (nSPS) is 11.4. The summed E-state index contributed by atoms with van der Waals surface area (Å²) < 4.78 is 14.6. The van der Waals surface area contributed by atoms with Gasteiger partial charge >= 0.3 is 35.5 Å². The Morgan fingerprint density at radius 2 is 2.25 bits per heavy atom. The third-order valence-electron chi connectivity index (χ3n) is 0.254. The maximum absolute atomic E-state index is 11.3. The van der Waals surface area contributed by atoms with Gasteiger partial charge in [0.2, 0.25) is 0 Å². The van der Waals surface area contributed by atoms with E-state index in [1.807, 2.05) is 0 Å². The van der Waals surface area contributed by atoms with Crippen LogP contribution in [0.2, 0.25) is 0 Å². The van der Waals surface area contributed by atoms with Crippen LogP contribution in [0.5, 0.6) is 0 Å². The predicted molar refractivity (Wildman–Crippen MR) is 23.8 cm³/mol. The minimum absolute atomic E-state index is 0. The van der Waals surface area contributed by atoms with Gasteiger partial charge in [-0.3, -0.25) is 0 Å². The van der Waals surface area contributed by atoms with E-state index in [1.165, 1.54) is 0 Å². The third-order valence-corrected chi connectivity index (χ3v) is 0.584. The predicted octanol–water partition coefficient (Wildman–Crippen LogP) is -1.67. The first-order valence-electron chi connectivity index (χ1n) is 1.29. The minimum Gasteiger partial charge on any atom is -1.00 e. The number of hydrogen-bond donors (Lipinski definition) is 0. The molecule has 0 saturated carbocycles. The Hall–Kier alpha value is 0.980. The van der Waals surface area contributed by atoms with Gasteiger partial charge in [0.05, 0.1) is 0 Å². The van der Waals surface area contributed by atoms with E-state index < -0.39 is 11.6 Å². The number of rotatable bonds is 1. The van der Waals surface area contributed by atoms with Gasteiger partial charge in [-0.15, -0.1) is 0 Å². The molecular formula is C2H2Cl2FNaO2. The van der Waals surface area contributed by atoms with Crippen LogP contribution < -0.4 is 29.6 Å². The Labute approximate surface area is 79.2 Å². The van der Waals surface area contributed by atoms with Crippen molar-refractivity contribution in [3.63, 3.8) is 0 Å². The van der Waals surface area contributed by atoms with Crippen molar-refractivity contribution in [3.8, 4) is 0 Å². The molecule has 44 valence electrons. The van der Waals surface area contributed by atoms with Crippen LogP contribution in [0.15, 0.2) is 0 Å². The summed E-state index contributed by atoms with van der Waals surface area (Å²) in [6.07, 6.45) is 0. The molecule has 0 bridgehead atoms. The molecule has 0 aliphatic rings. The molecule has 0 spiro atoms. The molecule has 6 heteroatoms. The maximum atomic E-state index is 11.3. The van der Waals surface area contributed by atoms with Crippen LogP contribution in [0, 0.1) is 0 Å². The molecule has 0 saturated heterocycles. The van der Waals surface area contributed by atoms with Gasteiger partial charge in [-0.05, 0) is 0 Å². The van der Waals surface area contributed by atoms with Crippen LogP contribution in [0.3, 0.4) is 0 Å². The van der Waals surface area contributed by atoms with Gasteiger partial charge in [0.25, 0.3) is 5.63 Å². The van der Waals surface area contributed by atoms with Gasteiger partial charge < -0.3 is 5.72 Å². The number of hydrogen-bond acceptors (Lipinski definition) is 2. The zero-order valence-corrected chi connectivity index (χ0v) is 7.54. The average Bonchev–Trinajstić information content (AvgIpc) is 1.65. The van der Waals surface area contributed by atoms with E-state index in [0.29, 0.717) is 0 Å². The standard InChI is InChI=1S/C2HCl2FO2.Na.H/c3-1(5)2(6)7-4;;/h1H;;/q;+1;-1. The van der Waals surface area contributed by atoms with Gasteiger partial charge in [-0.25, -0.2) is 9.18 Å². The smallest absolute Gasteiger partial charge is 1.00 e. The fraction of sp³-hybridized carbons (Fsp3) is 0.500. The van der Waals surface area contributed by atoms with Crippen molar-refractivity contribution in [1.29, 1.82) is 0 Å². The van der Waals surface area contributed by atoms with Crippen molar-refractivity contribution in [3.05, 3.63) is 0 Å². The SMILES string of the molecule is O=C(OCl)C(F)Cl.[H-].[Na+]. The van der Waals surface area contributed by atoms with Crippen molar-refractivity contribution in [2.75, 3.05) is 0 Å². The monoisotopic (exact) mass is 170 g/mol. The summed E-state index contributed by atoms with van der Waals surface area (Å²) >= 11 is 8.88. The minimum atomic E-state index is -2.16. The number of carbonyl (C=O) groups is 1. The Kier molecular flexibility index (Phi) is 8.96. The van der Waals surface area contributed by atoms with Crippen molar-refractivity contribution in [2.45, 2.75) is 5.63 Å². The summed E-state index contributed by atoms with van der Waals surface area (Å²) in [5.41, 5.74) is -2.16. The van der Waals surface area contributed by atoms with Gasteiger partial charge in [0.1, 0.15) is 11.9 Å². The van der Waals surface area contributed by atoms with E-state index in [9.17, 15) is 9.18 Å². The summed E-state index contributed by atoms with van der Waals surface area (Å²) in [6.45, 7) is 0. The van der Waals surface area contributed by atoms with E-state index in [2.05, 4.69) is 27.8 Å². The van der Waals surface area contributed by atoms with Gasteiger partial charge in [0, 0.05) is 0 Å². The van der Waals surface area contributed by atoms with E-state index in [0.717, 1.165) is 0 Å². The summed E-state index contributed by atoms with van der Waals surface area (Å²) in [4.78, 5) is 9.65. The second-order valence-corrected chi connectivity index (χ2v) is 1.23. The molecule has 8 heavy (non-hydrogen) atoms. The van der Waals surface area contributed by atoms with Crippen molar-refractivity contribution in [1.82, 2.24) is 0 Å². The topological polar surface area (TPSA) is 26.3 Å². The number of carbonyl (C=O) groups excluding carboxylic acids is 1. The fourth-order valence-electron chi connectivity index (χ4n) is 0.0337. The molecule has 0 aromatic rings. The summed E-state index contributed by atoms with van der Waals surface area (Å²) in [6, 6.07) is 0. The van der Waals surface area contributed by atoms with Crippen molar-refractivity contribution >= 4 is 29.4 Å². The molecule has 0 rings (SSSR count). The zero-order chi connectivity index (χ0) is 5.86. The van der Waals surface area contributed by atoms with Crippen LogP contribution in [0.25, 0.3) is 0 Å². The van der Waals surface area contributed by atoms with Crippen LogP contribution in [0.1, 0.15) is 1.43 Å². The van der Waals surface area contributed by atoms with Crippen LogP contribution >= 0.6 is 23.5 Å². The quantitative estimate of drug-likeness (QED) is 0.348. The summed E-state index contributed by atoms with van der Waals surface area (Å²) in [7, 11) is 0. The maximum Gasteiger partial charge on any atom is 1.00 e. The van der Waals surface area contributed by atoms with Crippen LogP contribution in [-0.4, -0.2) is 11.6 Å². The zero-order valence-electron chi connectivity index (χ0n) is 5.03. The molecule has 0 aliphatic carbocycles. The van der Waals surface area contributed by atoms with E-state index >= 15 is 0 Å². The average molecular weight is 171 g/mol. The Balaban J connectivity index is -0.000000180. The number of alkyl halides is 2. The van der Waals surface area contributed by atoms with Crippen molar-refractivity contribution in [2.24, 2.45) is 0 Å². The second-order valence-electron chi connectivity index (χ2n) is 0.697. The molecule has 1 unspecified atom stereocenters. The van der Waals surface area contributed by atoms with Crippen molar-refractivity contribution < 1.29 is 44.5 Å².